The average Bonchev–Trinajstić information content (AvgIpc) is 3.16. The van der Waals surface area contributed by atoms with Gasteiger partial charge in [-0.05, 0) is 34.7 Å². The van der Waals surface area contributed by atoms with Gasteiger partial charge in [-0.25, -0.2) is 13.1 Å². The van der Waals surface area contributed by atoms with Crippen LogP contribution in [-0.4, -0.2) is 53.2 Å². The third kappa shape index (κ3) is 3.46. The first-order valence-corrected chi connectivity index (χ1v) is 10.1. The van der Waals surface area contributed by atoms with Crippen LogP contribution in [0, 0.1) is 0 Å². The lowest BCUT2D eigenvalue weighted by Crippen LogP contribution is -2.40. The predicted molar refractivity (Wildman–Crippen MR) is 85.9 cm³/mol. The van der Waals surface area contributed by atoms with Crippen LogP contribution < -0.4 is 4.90 Å². The molecule has 3 rings (SSSR count). The van der Waals surface area contributed by atoms with E-state index in [1.54, 1.807) is 16.0 Å². The van der Waals surface area contributed by atoms with Crippen LogP contribution in [0.4, 0.5) is 5.95 Å². The summed E-state index contributed by atoms with van der Waals surface area (Å²) in [5, 5.41) is 13.8. The number of tetrazole rings is 1. The highest BCUT2D eigenvalue weighted by Gasteiger charge is 2.28. The van der Waals surface area contributed by atoms with Crippen LogP contribution in [0.5, 0.6) is 0 Å². The first-order valence-electron chi connectivity index (χ1n) is 7.26. The van der Waals surface area contributed by atoms with Gasteiger partial charge in [0.2, 0.25) is 5.95 Å². The molecule has 1 fully saturated rings. The largest absolute Gasteiger partial charge is 0.340 e. The van der Waals surface area contributed by atoms with Crippen molar-refractivity contribution < 1.29 is 8.42 Å². The Hall–Kier alpha value is -1.48. The second kappa shape index (κ2) is 6.33. The van der Waals surface area contributed by atoms with E-state index in [1.165, 1.54) is 11.1 Å². The maximum Gasteiger partial charge on any atom is 0.245 e. The number of aryl methyl sites for hydroxylation is 2. The summed E-state index contributed by atoms with van der Waals surface area (Å²) in [6.07, 6.45) is 3.49. The number of rotatable bonds is 5. The number of hydrogen-bond donors (Lipinski definition) is 0. The van der Waals surface area contributed by atoms with Gasteiger partial charge in [0, 0.05) is 30.6 Å². The lowest BCUT2D eigenvalue weighted by atomic mass is 10.1. The molecule has 2 aromatic rings. The average molecular weight is 341 g/mol. The third-order valence-electron chi connectivity index (χ3n) is 3.99. The number of hydrogen-bond acceptors (Lipinski definition) is 7. The van der Waals surface area contributed by atoms with Crippen molar-refractivity contribution in [2.24, 2.45) is 0 Å². The molecule has 0 unspecified atom stereocenters. The molecular weight excluding hydrogens is 322 g/mol. The molecule has 0 aliphatic carbocycles. The van der Waals surface area contributed by atoms with Gasteiger partial charge >= 0.3 is 0 Å². The number of anilines is 1. The summed E-state index contributed by atoms with van der Waals surface area (Å²) in [5.41, 5.74) is 0. The Morgan fingerprint density at radius 3 is 2.77 bits per heavy atom. The van der Waals surface area contributed by atoms with Gasteiger partial charge in [-0.3, -0.25) is 0 Å². The molecule has 0 amide bonds. The molecule has 0 spiro atoms. The Morgan fingerprint density at radius 1 is 1.36 bits per heavy atom. The van der Waals surface area contributed by atoms with Crippen molar-refractivity contribution in [3.8, 4) is 0 Å². The smallest absolute Gasteiger partial charge is 0.245 e. The van der Waals surface area contributed by atoms with Gasteiger partial charge in [-0.2, -0.15) is 0 Å². The third-order valence-corrected chi connectivity index (χ3v) is 6.61. The molecule has 1 aliphatic rings. The van der Waals surface area contributed by atoms with Crippen molar-refractivity contribution >= 4 is 27.1 Å². The second-order valence-corrected chi connectivity index (χ2v) is 8.91. The second-order valence-electron chi connectivity index (χ2n) is 5.55. The Bertz CT molecular complexity index is 703. The Balaban J connectivity index is 1.63. The summed E-state index contributed by atoms with van der Waals surface area (Å²) in [6, 6.07) is 4.14. The summed E-state index contributed by atoms with van der Waals surface area (Å²) in [6.45, 7) is 2.09. The summed E-state index contributed by atoms with van der Waals surface area (Å²) >= 11 is 1.73. The fourth-order valence-electron chi connectivity index (χ4n) is 2.73. The van der Waals surface area contributed by atoms with Crippen LogP contribution in [0.1, 0.15) is 17.7 Å². The van der Waals surface area contributed by atoms with E-state index in [1.807, 2.05) is 6.07 Å². The van der Waals surface area contributed by atoms with Gasteiger partial charge in [0.25, 0.3) is 0 Å². The molecule has 1 saturated heterocycles. The number of thiophene rings is 1. The predicted octanol–water partition coefficient (Wildman–Crippen LogP) is 0.991. The van der Waals surface area contributed by atoms with Crippen molar-refractivity contribution in [2.45, 2.75) is 31.1 Å². The van der Waals surface area contributed by atoms with E-state index < -0.39 is 9.84 Å². The number of piperidine rings is 1. The molecule has 1 aliphatic heterocycles. The van der Waals surface area contributed by atoms with Gasteiger partial charge in [0.1, 0.15) is 9.84 Å². The number of sulfone groups is 1. The maximum atomic E-state index is 11.6. The summed E-state index contributed by atoms with van der Waals surface area (Å²) < 4.78 is 25.0. The molecule has 120 valence electrons. The summed E-state index contributed by atoms with van der Waals surface area (Å²) in [4.78, 5) is 3.38. The fraction of sp³-hybridized carbons (Fsp3) is 0.615. The van der Waals surface area contributed by atoms with Crippen molar-refractivity contribution in [3.63, 3.8) is 0 Å². The molecule has 3 heterocycles. The van der Waals surface area contributed by atoms with Crippen LogP contribution in [0.25, 0.3) is 0 Å². The Labute approximate surface area is 133 Å². The minimum atomic E-state index is -2.95. The SMILES string of the molecule is CS(=O)(=O)C1CCN(c2nnnn2CCc2cccs2)CC1. The highest BCUT2D eigenvalue weighted by molar-refractivity contribution is 7.91. The molecule has 7 nitrogen and oxygen atoms in total. The zero-order valence-corrected chi connectivity index (χ0v) is 14.1. The number of aromatic nitrogens is 4. The van der Waals surface area contributed by atoms with Gasteiger partial charge in [-0.15, -0.1) is 11.3 Å². The van der Waals surface area contributed by atoms with E-state index in [2.05, 4.69) is 31.9 Å². The van der Waals surface area contributed by atoms with Gasteiger partial charge in [0.15, 0.2) is 0 Å². The molecule has 9 heteroatoms. The van der Waals surface area contributed by atoms with E-state index in [-0.39, 0.29) is 5.25 Å². The van der Waals surface area contributed by atoms with E-state index in [0.29, 0.717) is 25.9 Å². The summed E-state index contributed by atoms with van der Waals surface area (Å²) in [7, 11) is -2.95. The Kier molecular flexibility index (Phi) is 4.44. The lowest BCUT2D eigenvalue weighted by Gasteiger charge is -2.31. The molecule has 0 bridgehead atoms. The molecule has 0 saturated carbocycles. The number of nitrogens with zero attached hydrogens (tertiary/aromatic N) is 5. The van der Waals surface area contributed by atoms with Crippen LogP contribution in [0.3, 0.4) is 0 Å². The fourth-order valence-corrected chi connectivity index (χ4v) is 4.49. The van der Waals surface area contributed by atoms with E-state index >= 15 is 0 Å². The van der Waals surface area contributed by atoms with E-state index in [4.69, 9.17) is 0 Å². The van der Waals surface area contributed by atoms with Crippen LogP contribution in [0.2, 0.25) is 0 Å². The molecule has 0 atom stereocenters. The van der Waals surface area contributed by atoms with Crippen LogP contribution in [0.15, 0.2) is 17.5 Å². The molecule has 22 heavy (non-hydrogen) atoms. The zero-order chi connectivity index (χ0) is 15.6. The van der Waals surface area contributed by atoms with Crippen molar-refractivity contribution in [1.29, 1.82) is 0 Å². The first-order chi connectivity index (χ1) is 10.5. The quantitative estimate of drug-likeness (QED) is 0.807. The molecule has 0 aromatic carbocycles. The first kappa shape index (κ1) is 15.4. The lowest BCUT2D eigenvalue weighted by molar-refractivity contribution is 0.515. The standard InChI is InChI=1S/C13H19N5O2S2/c1-22(19,20)12-5-7-17(8-6-12)13-14-15-16-18(13)9-4-11-3-2-10-21-11/h2-3,10,12H,4-9H2,1H3. The minimum Gasteiger partial charge on any atom is -0.340 e. The molecule has 0 radical (unpaired) electrons. The van der Waals surface area contributed by atoms with E-state index in [0.717, 1.165) is 18.9 Å². The highest BCUT2D eigenvalue weighted by atomic mass is 32.2. The normalized spacial score (nSPS) is 17.0. The molecular formula is C13H19N5O2S2. The summed E-state index contributed by atoms with van der Waals surface area (Å²) in [5.74, 6) is 0.739. The molecule has 2 aromatic heterocycles. The molecule has 0 N–H and O–H groups in total. The van der Waals surface area contributed by atoms with Crippen molar-refractivity contribution in [3.05, 3.63) is 22.4 Å². The van der Waals surface area contributed by atoms with Crippen LogP contribution in [-0.2, 0) is 22.8 Å². The van der Waals surface area contributed by atoms with E-state index in [9.17, 15) is 8.42 Å². The monoisotopic (exact) mass is 341 g/mol. The minimum absolute atomic E-state index is 0.237. The highest BCUT2D eigenvalue weighted by Crippen LogP contribution is 2.21. The van der Waals surface area contributed by atoms with Gasteiger partial charge < -0.3 is 4.90 Å². The van der Waals surface area contributed by atoms with Crippen molar-refractivity contribution in [1.82, 2.24) is 20.2 Å². The zero-order valence-electron chi connectivity index (χ0n) is 12.4. The van der Waals surface area contributed by atoms with Gasteiger partial charge in [-0.1, -0.05) is 11.2 Å². The topological polar surface area (TPSA) is 81.0 Å². The van der Waals surface area contributed by atoms with Crippen molar-refractivity contribution in [2.75, 3.05) is 24.2 Å². The van der Waals surface area contributed by atoms with Gasteiger partial charge in [0.05, 0.1) is 11.8 Å². The maximum absolute atomic E-state index is 11.6. The Morgan fingerprint density at radius 2 is 2.14 bits per heavy atom. The van der Waals surface area contributed by atoms with Crippen LogP contribution >= 0.6 is 11.3 Å².